The highest BCUT2D eigenvalue weighted by Crippen LogP contribution is 2.24. The average molecular weight is 335 g/mol. The first kappa shape index (κ1) is 17.9. The predicted molar refractivity (Wildman–Crippen MR) is 86.8 cm³/mol. The van der Waals surface area contributed by atoms with Crippen LogP contribution in [0.1, 0.15) is 22.3 Å². The van der Waals surface area contributed by atoms with Crippen LogP contribution >= 0.6 is 0 Å². The Hall–Kier alpha value is -2.48. The SMILES string of the molecule is COCCC(=O)N1CCN(C(=O)c2c(C)cccc2[N+](=O)[O-])CC1. The number of methoxy groups -OCH3 is 1. The second kappa shape index (κ2) is 7.87. The topological polar surface area (TPSA) is 93.0 Å². The summed E-state index contributed by atoms with van der Waals surface area (Å²) in [5.41, 5.74) is 0.521. The van der Waals surface area contributed by atoms with Gasteiger partial charge in [0.25, 0.3) is 11.6 Å². The van der Waals surface area contributed by atoms with E-state index < -0.39 is 4.92 Å². The van der Waals surface area contributed by atoms with E-state index in [2.05, 4.69) is 0 Å². The molecule has 24 heavy (non-hydrogen) atoms. The number of nitro groups is 1. The normalized spacial score (nSPS) is 14.6. The molecule has 1 fully saturated rings. The van der Waals surface area contributed by atoms with Gasteiger partial charge in [0, 0.05) is 39.4 Å². The van der Waals surface area contributed by atoms with E-state index in [1.807, 2.05) is 0 Å². The minimum atomic E-state index is -0.537. The minimum absolute atomic E-state index is 0.00850. The van der Waals surface area contributed by atoms with Crippen molar-refractivity contribution in [2.45, 2.75) is 13.3 Å². The lowest BCUT2D eigenvalue weighted by Gasteiger charge is -2.35. The molecule has 8 heteroatoms. The molecule has 2 rings (SSSR count). The highest BCUT2D eigenvalue weighted by Gasteiger charge is 2.29. The van der Waals surface area contributed by atoms with Gasteiger partial charge in [-0.15, -0.1) is 0 Å². The number of amides is 2. The Labute approximate surface area is 140 Å². The Morgan fingerprint density at radius 2 is 1.83 bits per heavy atom. The average Bonchev–Trinajstić information content (AvgIpc) is 2.58. The fraction of sp³-hybridized carbons (Fsp3) is 0.500. The van der Waals surface area contributed by atoms with E-state index >= 15 is 0 Å². The summed E-state index contributed by atoms with van der Waals surface area (Å²) in [6.07, 6.45) is 0.313. The molecule has 0 saturated carbocycles. The van der Waals surface area contributed by atoms with E-state index in [4.69, 9.17) is 4.74 Å². The number of hydrogen-bond acceptors (Lipinski definition) is 5. The van der Waals surface area contributed by atoms with Crippen molar-refractivity contribution in [1.29, 1.82) is 0 Å². The number of carbonyl (C=O) groups is 2. The van der Waals surface area contributed by atoms with Crippen LogP contribution in [0.15, 0.2) is 18.2 Å². The van der Waals surface area contributed by atoms with Gasteiger partial charge in [-0.1, -0.05) is 12.1 Å². The van der Waals surface area contributed by atoms with Crippen LogP contribution in [0, 0.1) is 17.0 Å². The maximum Gasteiger partial charge on any atom is 0.282 e. The highest BCUT2D eigenvalue weighted by molar-refractivity contribution is 5.99. The summed E-state index contributed by atoms with van der Waals surface area (Å²) in [5.74, 6) is -0.366. The number of piperazine rings is 1. The summed E-state index contributed by atoms with van der Waals surface area (Å²) in [6, 6.07) is 4.59. The molecule has 1 heterocycles. The van der Waals surface area contributed by atoms with E-state index in [9.17, 15) is 19.7 Å². The molecule has 0 aliphatic carbocycles. The Balaban J connectivity index is 2.06. The van der Waals surface area contributed by atoms with Crippen LogP contribution in [0.4, 0.5) is 5.69 Å². The lowest BCUT2D eigenvalue weighted by molar-refractivity contribution is -0.385. The smallest absolute Gasteiger partial charge is 0.282 e. The van der Waals surface area contributed by atoms with Crippen LogP contribution < -0.4 is 0 Å². The maximum atomic E-state index is 12.7. The van der Waals surface area contributed by atoms with Gasteiger partial charge in [0.05, 0.1) is 18.0 Å². The van der Waals surface area contributed by atoms with Crippen LogP contribution in [0.3, 0.4) is 0 Å². The Kier molecular flexibility index (Phi) is 5.86. The summed E-state index contributed by atoms with van der Waals surface area (Å²) in [6.45, 7) is 3.63. The predicted octanol–water partition coefficient (Wildman–Crippen LogP) is 1.22. The fourth-order valence-corrected chi connectivity index (χ4v) is 2.75. The molecule has 0 radical (unpaired) electrons. The molecule has 0 spiro atoms. The molecule has 0 unspecified atom stereocenters. The number of ether oxygens (including phenoxy) is 1. The number of carbonyl (C=O) groups excluding carboxylic acids is 2. The van der Waals surface area contributed by atoms with Gasteiger partial charge < -0.3 is 14.5 Å². The van der Waals surface area contributed by atoms with Crippen LogP contribution in [-0.4, -0.2) is 66.4 Å². The standard InChI is InChI=1S/C16H21N3O5/c1-12-4-3-5-13(19(22)23)15(12)16(21)18-9-7-17(8-10-18)14(20)6-11-24-2/h3-5H,6-11H2,1-2H3. The zero-order valence-corrected chi connectivity index (χ0v) is 13.9. The quantitative estimate of drug-likeness (QED) is 0.596. The first-order chi connectivity index (χ1) is 11.5. The van der Waals surface area contributed by atoms with Gasteiger partial charge in [-0.3, -0.25) is 19.7 Å². The first-order valence-corrected chi connectivity index (χ1v) is 7.75. The van der Waals surface area contributed by atoms with Gasteiger partial charge in [-0.25, -0.2) is 0 Å². The van der Waals surface area contributed by atoms with Gasteiger partial charge in [0.15, 0.2) is 0 Å². The number of rotatable bonds is 5. The molecular weight excluding hydrogens is 314 g/mol. The molecule has 1 aromatic carbocycles. The third-order valence-corrected chi connectivity index (χ3v) is 4.10. The van der Waals surface area contributed by atoms with Crippen molar-refractivity contribution in [3.63, 3.8) is 0 Å². The lowest BCUT2D eigenvalue weighted by atomic mass is 10.0. The van der Waals surface area contributed by atoms with E-state index in [0.29, 0.717) is 44.8 Å². The zero-order valence-electron chi connectivity index (χ0n) is 13.9. The van der Waals surface area contributed by atoms with Gasteiger partial charge >= 0.3 is 0 Å². The van der Waals surface area contributed by atoms with Crippen molar-refractivity contribution in [2.75, 3.05) is 39.9 Å². The second-order valence-corrected chi connectivity index (χ2v) is 5.64. The van der Waals surface area contributed by atoms with Crippen LogP contribution in [0.5, 0.6) is 0 Å². The maximum absolute atomic E-state index is 12.7. The molecule has 0 atom stereocenters. The third-order valence-electron chi connectivity index (χ3n) is 4.10. The van der Waals surface area contributed by atoms with E-state index in [1.54, 1.807) is 36.0 Å². The largest absolute Gasteiger partial charge is 0.384 e. The Bertz CT molecular complexity index is 639. The lowest BCUT2D eigenvalue weighted by Crippen LogP contribution is -2.50. The number of nitro benzene ring substituents is 1. The number of aryl methyl sites for hydroxylation is 1. The molecule has 0 aromatic heterocycles. The molecule has 0 N–H and O–H groups in total. The van der Waals surface area contributed by atoms with Crippen molar-refractivity contribution in [3.05, 3.63) is 39.4 Å². The molecule has 1 aromatic rings. The first-order valence-electron chi connectivity index (χ1n) is 7.75. The summed E-state index contributed by atoms with van der Waals surface area (Å²) >= 11 is 0. The second-order valence-electron chi connectivity index (χ2n) is 5.64. The fourth-order valence-electron chi connectivity index (χ4n) is 2.75. The summed E-state index contributed by atoms with van der Waals surface area (Å²) in [4.78, 5) is 38.5. The number of benzene rings is 1. The summed E-state index contributed by atoms with van der Waals surface area (Å²) in [7, 11) is 1.54. The van der Waals surface area contributed by atoms with Crippen molar-refractivity contribution in [2.24, 2.45) is 0 Å². The number of nitrogens with zero attached hydrogens (tertiary/aromatic N) is 3. The van der Waals surface area contributed by atoms with E-state index in [0.717, 1.165) is 0 Å². The zero-order chi connectivity index (χ0) is 17.7. The summed E-state index contributed by atoms with van der Waals surface area (Å²) < 4.78 is 4.89. The van der Waals surface area contributed by atoms with Crippen LogP contribution in [0.25, 0.3) is 0 Å². The molecule has 1 aliphatic rings. The van der Waals surface area contributed by atoms with Crippen molar-refractivity contribution >= 4 is 17.5 Å². The summed E-state index contributed by atoms with van der Waals surface area (Å²) in [5, 5.41) is 11.2. The van der Waals surface area contributed by atoms with Crippen LogP contribution in [0.2, 0.25) is 0 Å². The third kappa shape index (κ3) is 3.88. The monoisotopic (exact) mass is 335 g/mol. The van der Waals surface area contributed by atoms with Crippen LogP contribution in [-0.2, 0) is 9.53 Å². The molecule has 1 saturated heterocycles. The molecule has 8 nitrogen and oxygen atoms in total. The van der Waals surface area contributed by atoms with Gasteiger partial charge in [-0.2, -0.15) is 0 Å². The van der Waals surface area contributed by atoms with Crippen molar-refractivity contribution in [3.8, 4) is 0 Å². The molecule has 1 aliphatic heterocycles. The molecular formula is C16H21N3O5. The van der Waals surface area contributed by atoms with E-state index in [1.165, 1.54) is 6.07 Å². The van der Waals surface area contributed by atoms with Crippen molar-refractivity contribution in [1.82, 2.24) is 9.80 Å². The highest BCUT2D eigenvalue weighted by atomic mass is 16.6. The molecule has 0 bridgehead atoms. The minimum Gasteiger partial charge on any atom is -0.384 e. The number of hydrogen-bond donors (Lipinski definition) is 0. The molecule has 130 valence electrons. The van der Waals surface area contributed by atoms with E-state index in [-0.39, 0.29) is 23.1 Å². The van der Waals surface area contributed by atoms with Crippen molar-refractivity contribution < 1.29 is 19.2 Å². The molecule has 2 amide bonds. The Morgan fingerprint density at radius 1 is 1.21 bits per heavy atom. The van der Waals surface area contributed by atoms with Gasteiger partial charge in [-0.05, 0) is 12.5 Å². The van der Waals surface area contributed by atoms with Gasteiger partial charge in [0.2, 0.25) is 5.91 Å². The van der Waals surface area contributed by atoms with Gasteiger partial charge in [0.1, 0.15) is 5.56 Å². The Morgan fingerprint density at radius 3 is 2.42 bits per heavy atom.